The van der Waals surface area contributed by atoms with Crippen LogP contribution in [0, 0.1) is 19.7 Å². The lowest BCUT2D eigenvalue weighted by Gasteiger charge is -2.42. The number of nitrogens with one attached hydrogen (secondary N) is 1. The number of fused-ring (bicyclic) bond motifs is 2. The highest BCUT2D eigenvalue weighted by Gasteiger charge is 2.36. The predicted molar refractivity (Wildman–Crippen MR) is 146 cm³/mol. The first-order chi connectivity index (χ1) is 18.4. The van der Waals surface area contributed by atoms with Crippen molar-refractivity contribution < 1.29 is 4.39 Å². The van der Waals surface area contributed by atoms with Crippen LogP contribution in [0.25, 0.3) is 10.9 Å². The predicted octanol–water partition coefficient (Wildman–Crippen LogP) is 5.25. The number of rotatable bonds is 5. The number of pyridine rings is 1. The number of benzene rings is 3. The van der Waals surface area contributed by atoms with E-state index in [0.29, 0.717) is 17.9 Å². The molecule has 0 saturated heterocycles. The van der Waals surface area contributed by atoms with Gasteiger partial charge in [0.25, 0.3) is 5.56 Å². The first-order valence-electron chi connectivity index (χ1n) is 12.9. The summed E-state index contributed by atoms with van der Waals surface area (Å²) >= 11 is 0. The number of H-pyrrole nitrogens is 1. The zero-order chi connectivity index (χ0) is 26.4. The van der Waals surface area contributed by atoms with Crippen molar-refractivity contribution >= 4 is 16.6 Å². The van der Waals surface area contributed by atoms with Gasteiger partial charge in [0, 0.05) is 28.2 Å². The molecule has 8 heteroatoms. The smallest absolute Gasteiger partial charge is 0.254 e. The highest BCUT2D eigenvalue weighted by atomic mass is 19.1. The van der Waals surface area contributed by atoms with Crippen LogP contribution in [0.3, 0.4) is 0 Å². The third-order valence-corrected chi connectivity index (χ3v) is 7.52. The molecular formula is C30H29FN6O. The molecule has 38 heavy (non-hydrogen) atoms. The Morgan fingerprint density at radius 3 is 2.71 bits per heavy atom. The molecule has 0 fully saturated rings. The molecule has 0 aliphatic carbocycles. The zero-order valence-electron chi connectivity index (χ0n) is 21.6. The summed E-state index contributed by atoms with van der Waals surface area (Å²) in [5.41, 5.74) is 6.18. The molecule has 192 valence electrons. The van der Waals surface area contributed by atoms with Crippen LogP contribution in [-0.4, -0.2) is 31.2 Å². The summed E-state index contributed by atoms with van der Waals surface area (Å²) in [6.45, 7) is 6.66. The Bertz CT molecular complexity index is 1690. The average molecular weight is 509 g/mol. The van der Waals surface area contributed by atoms with Crippen molar-refractivity contribution in [1.82, 2.24) is 25.2 Å². The molecule has 2 atom stereocenters. The van der Waals surface area contributed by atoms with Crippen LogP contribution < -0.4 is 10.5 Å². The number of aromatic amines is 1. The molecule has 0 radical (unpaired) electrons. The second kappa shape index (κ2) is 9.52. The summed E-state index contributed by atoms with van der Waals surface area (Å²) in [6.07, 6.45) is 1.58. The first-order valence-corrected chi connectivity index (χ1v) is 12.9. The molecule has 1 N–H and O–H groups in total. The summed E-state index contributed by atoms with van der Waals surface area (Å²) in [6, 6.07) is 20.4. The normalized spacial score (nSPS) is 16.0. The number of tetrazole rings is 1. The maximum atomic E-state index is 14.2. The molecule has 1 aliphatic heterocycles. The van der Waals surface area contributed by atoms with Gasteiger partial charge in [-0.3, -0.25) is 4.79 Å². The molecule has 1 aliphatic rings. The van der Waals surface area contributed by atoms with Gasteiger partial charge >= 0.3 is 0 Å². The standard InChI is InChI=1S/C30H29FN6O/c1-18-13-19(2)24-16-25(30(38)32-26(24)14-18)28(29-33-34-35-36(29)17-21-7-5-4-6-8-21)37-20(3)9-10-22-15-23(31)11-12-27(22)37/h4-8,11-16,20,28H,9-10,17H2,1-3H3,(H,32,38)/t20-,28-/m1/s1. The van der Waals surface area contributed by atoms with E-state index in [1.165, 1.54) is 6.07 Å². The summed E-state index contributed by atoms with van der Waals surface area (Å²) in [5, 5.41) is 13.8. The highest BCUT2D eigenvalue weighted by molar-refractivity contribution is 5.83. The molecule has 0 unspecified atom stereocenters. The summed E-state index contributed by atoms with van der Waals surface area (Å²) in [5.74, 6) is 0.297. The fourth-order valence-corrected chi connectivity index (χ4v) is 5.72. The quantitative estimate of drug-likeness (QED) is 0.351. The highest BCUT2D eigenvalue weighted by Crippen LogP contribution is 2.40. The number of halogens is 1. The molecule has 3 heterocycles. The van der Waals surface area contributed by atoms with Crippen molar-refractivity contribution in [3.8, 4) is 0 Å². The number of nitrogens with zero attached hydrogens (tertiary/aromatic N) is 5. The van der Waals surface area contributed by atoms with E-state index in [1.54, 1.807) is 10.7 Å². The van der Waals surface area contributed by atoms with E-state index in [-0.39, 0.29) is 17.4 Å². The van der Waals surface area contributed by atoms with Gasteiger partial charge in [0.15, 0.2) is 5.82 Å². The van der Waals surface area contributed by atoms with Crippen molar-refractivity contribution in [2.24, 2.45) is 0 Å². The van der Waals surface area contributed by atoms with Gasteiger partial charge in [-0.05, 0) is 96.6 Å². The summed E-state index contributed by atoms with van der Waals surface area (Å²) in [4.78, 5) is 19.1. The minimum atomic E-state index is -0.581. The zero-order valence-corrected chi connectivity index (χ0v) is 21.6. The maximum absolute atomic E-state index is 14.2. The van der Waals surface area contributed by atoms with E-state index in [2.05, 4.69) is 38.4 Å². The summed E-state index contributed by atoms with van der Waals surface area (Å²) in [7, 11) is 0. The van der Waals surface area contributed by atoms with Crippen molar-refractivity contribution in [3.05, 3.63) is 117 Å². The minimum absolute atomic E-state index is 0.0639. The molecule has 7 nitrogen and oxygen atoms in total. The third-order valence-electron chi connectivity index (χ3n) is 7.52. The number of aryl methyl sites for hydroxylation is 3. The first kappa shape index (κ1) is 24.0. The van der Waals surface area contributed by atoms with Crippen LogP contribution in [0.2, 0.25) is 0 Å². The van der Waals surface area contributed by atoms with Gasteiger partial charge in [-0.2, -0.15) is 0 Å². The molecule has 0 spiro atoms. The second-order valence-corrected chi connectivity index (χ2v) is 10.2. The molecule has 0 saturated carbocycles. The van der Waals surface area contributed by atoms with Crippen molar-refractivity contribution in [2.45, 2.75) is 52.2 Å². The van der Waals surface area contributed by atoms with E-state index >= 15 is 0 Å². The van der Waals surface area contributed by atoms with Crippen molar-refractivity contribution in [3.63, 3.8) is 0 Å². The van der Waals surface area contributed by atoms with Crippen molar-refractivity contribution in [2.75, 3.05) is 4.90 Å². The average Bonchev–Trinajstić information content (AvgIpc) is 3.34. The van der Waals surface area contributed by atoms with Crippen LogP contribution in [0.1, 0.15) is 53.0 Å². The number of hydrogen-bond acceptors (Lipinski definition) is 5. The van der Waals surface area contributed by atoms with Crippen LogP contribution in [-0.2, 0) is 13.0 Å². The van der Waals surface area contributed by atoms with Crippen molar-refractivity contribution in [1.29, 1.82) is 0 Å². The van der Waals surface area contributed by atoms with E-state index in [0.717, 1.165) is 51.7 Å². The second-order valence-electron chi connectivity index (χ2n) is 10.2. The lowest BCUT2D eigenvalue weighted by Crippen LogP contribution is -2.43. The Hall–Kier alpha value is -4.33. The third kappa shape index (κ3) is 4.26. The molecule has 2 aromatic heterocycles. The molecule has 0 amide bonds. The fourth-order valence-electron chi connectivity index (χ4n) is 5.72. The SMILES string of the molecule is Cc1cc(C)c2cc([C@H](c3nnnn3Cc3ccccc3)N3c4ccc(F)cc4CC[C@H]3C)c(=O)[nH]c2c1. The summed E-state index contributed by atoms with van der Waals surface area (Å²) < 4.78 is 16.0. The van der Waals surface area contributed by atoms with E-state index < -0.39 is 6.04 Å². The molecule has 3 aromatic carbocycles. The Balaban J connectivity index is 1.59. The Morgan fingerprint density at radius 1 is 1.08 bits per heavy atom. The Kier molecular flexibility index (Phi) is 6.02. The Morgan fingerprint density at radius 2 is 1.89 bits per heavy atom. The van der Waals surface area contributed by atoms with E-state index in [9.17, 15) is 9.18 Å². The van der Waals surface area contributed by atoms with Crippen LogP contribution in [0.4, 0.5) is 10.1 Å². The topological polar surface area (TPSA) is 79.7 Å². The lowest BCUT2D eigenvalue weighted by atomic mass is 9.91. The van der Waals surface area contributed by atoms with Crippen LogP contribution >= 0.6 is 0 Å². The van der Waals surface area contributed by atoms with Gasteiger partial charge in [0.2, 0.25) is 0 Å². The fraction of sp³-hybridized carbons (Fsp3) is 0.267. The van der Waals surface area contributed by atoms with Gasteiger partial charge in [0.05, 0.1) is 6.54 Å². The number of aromatic nitrogens is 5. The monoisotopic (exact) mass is 508 g/mol. The lowest BCUT2D eigenvalue weighted by molar-refractivity contribution is 0.491. The molecule has 0 bridgehead atoms. The van der Waals surface area contributed by atoms with Gasteiger partial charge in [-0.25, -0.2) is 9.07 Å². The maximum Gasteiger partial charge on any atom is 0.254 e. The van der Waals surface area contributed by atoms with Gasteiger partial charge < -0.3 is 9.88 Å². The van der Waals surface area contributed by atoms with Crippen LogP contribution in [0.15, 0.2) is 71.5 Å². The molecule has 5 aromatic rings. The van der Waals surface area contributed by atoms with Gasteiger partial charge in [0.1, 0.15) is 11.9 Å². The van der Waals surface area contributed by atoms with E-state index in [4.69, 9.17) is 0 Å². The number of anilines is 1. The largest absolute Gasteiger partial charge is 0.354 e. The van der Waals surface area contributed by atoms with Crippen LogP contribution in [0.5, 0.6) is 0 Å². The molecular weight excluding hydrogens is 479 g/mol. The Labute approximate surface area is 219 Å². The van der Waals surface area contributed by atoms with Gasteiger partial charge in [-0.15, -0.1) is 5.10 Å². The van der Waals surface area contributed by atoms with Gasteiger partial charge in [-0.1, -0.05) is 36.4 Å². The minimum Gasteiger partial charge on any atom is -0.354 e. The molecule has 6 rings (SSSR count). The van der Waals surface area contributed by atoms with E-state index in [1.807, 2.05) is 62.4 Å². The number of hydrogen-bond donors (Lipinski definition) is 1.